The van der Waals surface area contributed by atoms with E-state index in [1.54, 1.807) is 24.3 Å². The van der Waals surface area contributed by atoms with Gasteiger partial charge in [0.15, 0.2) is 0 Å². The van der Waals surface area contributed by atoms with Gasteiger partial charge in [0.25, 0.3) is 5.91 Å². The molecule has 10 heteroatoms. The Hall–Kier alpha value is -4.62. The summed E-state index contributed by atoms with van der Waals surface area (Å²) in [4.78, 5) is 23.5. The predicted molar refractivity (Wildman–Crippen MR) is 162 cm³/mol. The number of ether oxygens (including phenoxy) is 1. The first-order valence-electron chi connectivity index (χ1n) is 14.8. The minimum atomic E-state index is -4.78. The smallest absolute Gasteiger partial charge is 0.406 e. The average Bonchev–Trinajstić information content (AvgIpc) is 3.71. The number of nitriles is 1. The number of amides is 1. The Morgan fingerprint density at radius 1 is 0.977 bits per heavy atom. The highest BCUT2D eigenvalue weighted by atomic mass is 19.4. The third kappa shape index (κ3) is 6.79. The highest BCUT2D eigenvalue weighted by Crippen LogP contribution is 2.31. The first-order chi connectivity index (χ1) is 21.3. The molecule has 2 aliphatic heterocycles. The number of alkyl halides is 3. The van der Waals surface area contributed by atoms with Crippen LogP contribution >= 0.6 is 0 Å². The monoisotopic (exact) mass is 599 g/mol. The lowest BCUT2D eigenvalue weighted by Gasteiger charge is -2.29. The van der Waals surface area contributed by atoms with Gasteiger partial charge in [0, 0.05) is 31.1 Å². The second kappa shape index (κ2) is 12.5. The molecule has 0 aliphatic carbocycles. The first-order valence-corrected chi connectivity index (χ1v) is 14.8. The van der Waals surface area contributed by atoms with Gasteiger partial charge in [-0.3, -0.25) is 4.79 Å². The second-order valence-electron chi connectivity index (χ2n) is 11.3. The van der Waals surface area contributed by atoms with Crippen LogP contribution in [-0.4, -0.2) is 59.3 Å². The molecule has 4 aromatic rings. The maximum atomic E-state index is 14.3. The van der Waals surface area contributed by atoms with Gasteiger partial charge in [0.2, 0.25) is 0 Å². The van der Waals surface area contributed by atoms with E-state index in [2.05, 4.69) is 21.0 Å². The van der Waals surface area contributed by atoms with Gasteiger partial charge in [-0.05, 0) is 97.9 Å². The van der Waals surface area contributed by atoms with Crippen molar-refractivity contribution in [3.63, 3.8) is 0 Å². The molecule has 1 aromatic heterocycles. The molecule has 2 saturated heterocycles. The Kier molecular flexibility index (Phi) is 8.40. The summed E-state index contributed by atoms with van der Waals surface area (Å²) < 4.78 is 42.3. The van der Waals surface area contributed by atoms with Crippen molar-refractivity contribution in [2.24, 2.45) is 0 Å². The summed E-state index contributed by atoms with van der Waals surface area (Å²) in [5, 5.41) is 13.1. The van der Waals surface area contributed by atoms with Gasteiger partial charge in [-0.2, -0.15) is 5.26 Å². The van der Waals surface area contributed by atoms with E-state index in [4.69, 9.17) is 4.98 Å². The van der Waals surface area contributed by atoms with E-state index in [0.29, 0.717) is 34.6 Å². The number of carbonyl (C=O) groups is 1. The topological polar surface area (TPSA) is 81.5 Å². The molecule has 226 valence electrons. The molecule has 44 heavy (non-hydrogen) atoms. The Morgan fingerprint density at radius 2 is 1.75 bits per heavy atom. The minimum Gasteiger partial charge on any atom is -0.406 e. The van der Waals surface area contributed by atoms with Crippen molar-refractivity contribution in [2.45, 2.75) is 44.6 Å². The van der Waals surface area contributed by atoms with Crippen LogP contribution in [0.15, 0.2) is 72.8 Å². The van der Waals surface area contributed by atoms with Crippen LogP contribution < -0.4 is 10.1 Å². The lowest BCUT2D eigenvalue weighted by Crippen LogP contribution is -2.42. The number of hydrogen-bond acceptors (Lipinski definition) is 6. The van der Waals surface area contributed by atoms with Gasteiger partial charge >= 0.3 is 6.36 Å². The Balaban J connectivity index is 1.33. The molecular weight excluding hydrogens is 567 g/mol. The molecule has 2 fully saturated rings. The maximum Gasteiger partial charge on any atom is 0.573 e. The number of pyridine rings is 1. The lowest BCUT2D eigenvalue weighted by molar-refractivity contribution is -0.274. The molecule has 0 spiro atoms. The van der Waals surface area contributed by atoms with Crippen LogP contribution in [-0.2, 0) is 6.54 Å². The van der Waals surface area contributed by atoms with E-state index in [-0.39, 0.29) is 24.2 Å². The normalized spacial score (nSPS) is 17.1. The maximum absolute atomic E-state index is 14.3. The number of likely N-dealkylation sites (tertiary alicyclic amines) is 2. The molecule has 0 unspecified atom stereocenters. The van der Waals surface area contributed by atoms with E-state index < -0.39 is 6.36 Å². The summed E-state index contributed by atoms with van der Waals surface area (Å²) in [5.74, 6) is 0.0941. The summed E-state index contributed by atoms with van der Waals surface area (Å²) in [6, 6.07) is 22.8. The number of halogens is 3. The van der Waals surface area contributed by atoms with Gasteiger partial charge in [0.05, 0.1) is 22.7 Å². The van der Waals surface area contributed by atoms with E-state index in [1.165, 1.54) is 31.0 Å². The van der Waals surface area contributed by atoms with Crippen LogP contribution in [0.2, 0.25) is 0 Å². The number of benzene rings is 3. The lowest BCUT2D eigenvalue weighted by atomic mass is 9.99. The Labute approximate surface area is 253 Å². The number of hydrogen-bond donors (Lipinski definition) is 1. The standard InChI is InChI=1S/C34H32F3N5O2/c35-34(36,37)44-28-7-3-5-24(17-28)21-39-32-19-30(33(43)42-16-4-6-27(42)22-41-14-1-2-15-41)29-18-26(12-13-31(29)40-32)25-10-8-23(20-38)9-11-25/h3,5,7-13,17-19,27H,1-2,4,6,14-16,21-22H2,(H,39,40)/t27-/m0/s1. The van der Waals surface area contributed by atoms with Gasteiger partial charge in [-0.25, -0.2) is 4.98 Å². The quantitative estimate of drug-likeness (QED) is 0.235. The van der Waals surface area contributed by atoms with Crippen molar-refractivity contribution in [3.8, 4) is 22.9 Å². The Bertz CT molecular complexity index is 1690. The number of nitrogens with zero attached hydrogens (tertiary/aromatic N) is 4. The van der Waals surface area contributed by atoms with Crippen molar-refractivity contribution in [3.05, 3.63) is 89.5 Å². The van der Waals surface area contributed by atoms with Gasteiger partial charge in [0.1, 0.15) is 11.6 Å². The highest BCUT2D eigenvalue weighted by Gasteiger charge is 2.33. The zero-order valence-corrected chi connectivity index (χ0v) is 24.1. The number of anilines is 1. The summed E-state index contributed by atoms with van der Waals surface area (Å²) in [6.45, 7) is 3.87. The van der Waals surface area contributed by atoms with E-state index in [1.807, 2.05) is 35.2 Å². The van der Waals surface area contributed by atoms with E-state index in [0.717, 1.165) is 49.0 Å². The molecule has 6 rings (SSSR count). The highest BCUT2D eigenvalue weighted by molar-refractivity contribution is 6.08. The fourth-order valence-corrected chi connectivity index (χ4v) is 6.17. The van der Waals surface area contributed by atoms with Crippen molar-refractivity contribution < 1.29 is 22.7 Å². The fourth-order valence-electron chi connectivity index (χ4n) is 6.17. The molecule has 1 N–H and O–H groups in total. The van der Waals surface area contributed by atoms with Crippen molar-refractivity contribution in [1.29, 1.82) is 5.26 Å². The van der Waals surface area contributed by atoms with Gasteiger partial charge in [-0.15, -0.1) is 13.2 Å². The van der Waals surface area contributed by atoms with E-state index in [9.17, 15) is 23.2 Å². The molecule has 2 aliphatic rings. The number of nitrogens with one attached hydrogen (secondary N) is 1. The van der Waals surface area contributed by atoms with Crippen LogP contribution in [0.5, 0.6) is 5.75 Å². The molecule has 0 radical (unpaired) electrons. The minimum absolute atomic E-state index is 0.0558. The molecule has 7 nitrogen and oxygen atoms in total. The molecule has 3 aromatic carbocycles. The van der Waals surface area contributed by atoms with E-state index >= 15 is 0 Å². The first kappa shape index (κ1) is 29.5. The fraction of sp³-hybridized carbons (Fsp3) is 0.324. The zero-order chi connectivity index (χ0) is 30.7. The molecule has 1 amide bonds. The molecule has 0 bridgehead atoms. The van der Waals surface area contributed by atoms with Crippen LogP contribution in [0.4, 0.5) is 19.0 Å². The number of rotatable bonds is 8. The van der Waals surface area contributed by atoms with Crippen molar-refractivity contribution >= 4 is 22.6 Å². The summed E-state index contributed by atoms with van der Waals surface area (Å²) >= 11 is 0. The zero-order valence-electron chi connectivity index (χ0n) is 24.1. The Morgan fingerprint density at radius 3 is 2.50 bits per heavy atom. The largest absolute Gasteiger partial charge is 0.573 e. The molecule has 3 heterocycles. The van der Waals surface area contributed by atoms with Crippen molar-refractivity contribution in [1.82, 2.24) is 14.8 Å². The predicted octanol–water partition coefficient (Wildman–Crippen LogP) is 6.98. The summed E-state index contributed by atoms with van der Waals surface area (Å²) in [6.07, 6.45) is -0.490. The summed E-state index contributed by atoms with van der Waals surface area (Å²) in [5.41, 5.74) is 4.10. The number of aromatic nitrogens is 1. The SMILES string of the molecule is N#Cc1ccc(-c2ccc3nc(NCc4cccc(OC(F)(F)F)c4)cc(C(=O)N4CCC[C@H]4CN4CCCC4)c3c2)cc1. The molecule has 1 atom stereocenters. The third-order valence-electron chi connectivity index (χ3n) is 8.30. The van der Waals surface area contributed by atoms with Crippen LogP contribution in [0.25, 0.3) is 22.0 Å². The third-order valence-corrected chi connectivity index (χ3v) is 8.30. The van der Waals surface area contributed by atoms with Crippen LogP contribution in [0.3, 0.4) is 0 Å². The summed E-state index contributed by atoms with van der Waals surface area (Å²) in [7, 11) is 0. The second-order valence-corrected chi connectivity index (χ2v) is 11.3. The number of carbonyl (C=O) groups excluding carboxylic acids is 1. The van der Waals surface area contributed by atoms with Gasteiger partial charge in [-0.1, -0.05) is 30.3 Å². The van der Waals surface area contributed by atoms with Crippen molar-refractivity contribution in [2.75, 3.05) is 31.5 Å². The number of fused-ring (bicyclic) bond motifs is 1. The molecular formula is C34H32F3N5O2. The molecule has 0 saturated carbocycles. The van der Waals surface area contributed by atoms with Crippen LogP contribution in [0, 0.1) is 11.3 Å². The average molecular weight is 600 g/mol. The van der Waals surface area contributed by atoms with Gasteiger partial charge < -0.3 is 19.9 Å². The van der Waals surface area contributed by atoms with Crippen LogP contribution in [0.1, 0.15) is 47.2 Å².